The third-order valence-corrected chi connectivity index (χ3v) is 5.58. The van der Waals surface area contributed by atoms with E-state index in [1.807, 2.05) is 0 Å². The van der Waals surface area contributed by atoms with E-state index in [1.54, 1.807) is 18.0 Å². The molecule has 7 heteroatoms. The third-order valence-electron chi connectivity index (χ3n) is 5.58. The molecule has 2 amide bonds. The molecular formula is C20H32N4O3. The van der Waals surface area contributed by atoms with E-state index >= 15 is 0 Å². The number of nitrogens with one attached hydrogen (secondary N) is 1. The van der Waals surface area contributed by atoms with Gasteiger partial charge in [-0.3, -0.25) is 4.90 Å². The van der Waals surface area contributed by atoms with E-state index in [1.165, 1.54) is 11.8 Å². The molecule has 1 N–H and O–H groups in total. The Morgan fingerprint density at radius 2 is 2.19 bits per heavy atom. The summed E-state index contributed by atoms with van der Waals surface area (Å²) in [6, 6.07) is 1.65. The molecule has 0 radical (unpaired) electrons. The van der Waals surface area contributed by atoms with Gasteiger partial charge in [-0.1, -0.05) is 16.8 Å². The first kappa shape index (κ1) is 19.9. The van der Waals surface area contributed by atoms with Gasteiger partial charge in [0.2, 0.25) is 0 Å². The zero-order valence-electron chi connectivity index (χ0n) is 16.7. The molecule has 1 spiro atoms. The van der Waals surface area contributed by atoms with Crippen LogP contribution in [-0.2, 0) is 11.3 Å². The molecule has 0 aliphatic carbocycles. The van der Waals surface area contributed by atoms with Crippen LogP contribution < -0.4 is 5.32 Å². The van der Waals surface area contributed by atoms with Gasteiger partial charge in [-0.15, -0.1) is 0 Å². The Kier molecular flexibility index (Phi) is 6.55. The molecule has 0 bridgehead atoms. The molecule has 3 rings (SSSR count). The van der Waals surface area contributed by atoms with Crippen molar-refractivity contribution in [3.05, 3.63) is 29.7 Å². The maximum Gasteiger partial charge on any atom is 0.317 e. The minimum absolute atomic E-state index is 0.0173. The maximum absolute atomic E-state index is 12.3. The Bertz CT molecular complexity index is 632. The van der Waals surface area contributed by atoms with Crippen LogP contribution in [0.25, 0.3) is 0 Å². The first-order chi connectivity index (χ1) is 13.0. The van der Waals surface area contributed by atoms with Crippen LogP contribution in [0, 0.1) is 0 Å². The number of allylic oxidation sites excluding steroid dienone is 1. The third kappa shape index (κ3) is 5.56. The quantitative estimate of drug-likeness (QED) is 0.773. The number of piperidine rings is 1. The molecule has 27 heavy (non-hydrogen) atoms. The average molecular weight is 377 g/mol. The van der Waals surface area contributed by atoms with Crippen molar-refractivity contribution in [3.8, 4) is 0 Å². The number of nitrogens with zero attached hydrogens (tertiary/aromatic N) is 3. The first-order valence-corrected chi connectivity index (χ1v) is 9.87. The van der Waals surface area contributed by atoms with Crippen LogP contribution in [0.1, 0.15) is 45.2 Å². The van der Waals surface area contributed by atoms with E-state index in [0.717, 1.165) is 51.0 Å². The number of hydrogen-bond acceptors (Lipinski definition) is 5. The second kappa shape index (κ2) is 8.89. The Balaban J connectivity index is 1.38. The molecule has 2 aliphatic rings. The summed E-state index contributed by atoms with van der Waals surface area (Å²) in [5, 5.41) is 6.82. The lowest BCUT2D eigenvalue weighted by Crippen LogP contribution is -2.45. The summed E-state index contributed by atoms with van der Waals surface area (Å²) >= 11 is 0. The minimum Gasteiger partial charge on any atom is -0.370 e. The summed E-state index contributed by atoms with van der Waals surface area (Å²) in [5.74, 6) is 0. The summed E-state index contributed by atoms with van der Waals surface area (Å²) in [4.78, 5) is 16.3. The molecular weight excluding hydrogens is 344 g/mol. The normalized spacial score (nSPS) is 22.0. The van der Waals surface area contributed by atoms with Gasteiger partial charge in [0, 0.05) is 39.3 Å². The summed E-state index contributed by atoms with van der Waals surface area (Å²) in [6.45, 7) is 8.49. The van der Waals surface area contributed by atoms with Crippen LogP contribution in [0.4, 0.5) is 4.79 Å². The van der Waals surface area contributed by atoms with Crippen LogP contribution in [0.2, 0.25) is 0 Å². The Hall–Kier alpha value is -1.86. The molecule has 2 fully saturated rings. The zero-order chi connectivity index (χ0) is 19.3. The van der Waals surface area contributed by atoms with Crippen molar-refractivity contribution in [1.82, 2.24) is 20.3 Å². The van der Waals surface area contributed by atoms with Crippen molar-refractivity contribution in [1.29, 1.82) is 0 Å². The standard InChI is InChI=1S/C20H32N4O3/c1-16(2)5-10-24-11-8-20(9-12-24)7-4-18(27-20)14-21-19(25)23(3)15-17-6-13-26-22-17/h5-6,13,18H,4,7-12,14-15H2,1-3H3,(H,21,25)/t18-/m0/s1. The molecule has 0 aromatic carbocycles. The van der Waals surface area contributed by atoms with Gasteiger partial charge in [0.25, 0.3) is 0 Å². The number of aromatic nitrogens is 1. The smallest absolute Gasteiger partial charge is 0.317 e. The van der Waals surface area contributed by atoms with E-state index in [4.69, 9.17) is 9.26 Å². The topological polar surface area (TPSA) is 70.8 Å². The number of amides is 2. The highest BCUT2D eigenvalue weighted by Crippen LogP contribution is 2.38. The fourth-order valence-corrected chi connectivity index (χ4v) is 3.83. The Morgan fingerprint density at radius 3 is 2.85 bits per heavy atom. The summed E-state index contributed by atoms with van der Waals surface area (Å²) in [7, 11) is 1.75. The fourth-order valence-electron chi connectivity index (χ4n) is 3.83. The SMILES string of the molecule is CC(C)=CCN1CCC2(CC[C@@H](CNC(=O)N(C)Cc3ccon3)O2)CC1. The van der Waals surface area contributed by atoms with Gasteiger partial charge >= 0.3 is 6.03 Å². The van der Waals surface area contributed by atoms with Crippen LogP contribution in [0.3, 0.4) is 0 Å². The van der Waals surface area contributed by atoms with Gasteiger partial charge in [-0.2, -0.15) is 0 Å². The zero-order valence-corrected chi connectivity index (χ0v) is 16.7. The summed E-state index contributed by atoms with van der Waals surface area (Å²) in [5.41, 5.74) is 2.13. The van der Waals surface area contributed by atoms with Crippen molar-refractivity contribution in [2.45, 2.75) is 57.8 Å². The molecule has 1 aromatic heterocycles. The molecule has 0 unspecified atom stereocenters. The summed E-state index contributed by atoms with van der Waals surface area (Å²) in [6.07, 6.45) is 8.19. The number of carbonyl (C=O) groups excluding carboxylic acids is 1. The van der Waals surface area contributed by atoms with Crippen LogP contribution >= 0.6 is 0 Å². The van der Waals surface area contributed by atoms with Crippen LogP contribution in [0.5, 0.6) is 0 Å². The fraction of sp³-hybridized carbons (Fsp3) is 0.700. The van der Waals surface area contributed by atoms with E-state index < -0.39 is 0 Å². The van der Waals surface area contributed by atoms with E-state index in [2.05, 4.69) is 35.3 Å². The van der Waals surface area contributed by atoms with Crippen molar-refractivity contribution in [2.75, 3.05) is 33.2 Å². The predicted molar refractivity (Wildman–Crippen MR) is 103 cm³/mol. The van der Waals surface area contributed by atoms with Crippen molar-refractivity contribution in [2.24, 2.45) is 0 Å². The number of ether oxygens (including phenoxy) is 1. The molecule has 150 valence electrons. The maximum atomic E-state index is 12.3. The number of carbonyl (C=O) groups is 1. The van der Waals surface area contributed by atoms with Gasteiger partial charge in [-0.25, -0.2) is 4.79 Å². The van der Waals surface area contributed by atoms with Crippen molar-refractivity contribution < 1.29 is 14.1 Å². The number of hydrogen-bond donors (Lipinski definition) is 1. The molecule has 2 saturated heterocycles. The second-order valence-electron chi connectivity index (χ2n) is 8.08. The Labute approximate surface area is 161 Å². The van der Waals surface area contributed by atoms with Gasteiger partial charge in [-0.05, 0) is 39.5 Å². The number of likely N-dealkylation sites (tertiary alicyclic amines) is 1. The van der Waals surface area contributed by atoms with Gasteiger partial charge in [0.15, 0.2) is 0 Å². The predicted octanol–water partition coefficient (Wildman–Crippen LogP) is 2.80. The molecule has 1 aromatic rings. The van der Waals surface area contributed by atoms with E-state index in [-0.39, 0.29) is 17.7 Å². The molecule has 1 atom stereocenters. The van der Waals surface area contributed by atoms with Gasteiger partial charge in [0.05, 0.1) is 18.2 Å². The number of urea groups is 1. The number of rotatable bonds is 6. The highest BCUT2D eigenvalue weighted by atomic mass is 16.5. The minimum atomic E-state index is -0.112. The Morgan fingerprint density at radius 1 is 1.41 bits per heavy atom. The molecule has 3 heterocycles. The lowest BCUT2D eigenvalue weighted by atomic mass is 9.88. The molecule has 0 saturated carbocycles. The monoisotopic (exact) mass is 376 g/mol. The lowest BCUT2D eigenvalue weighted by molar-refractivity contribution is -0.0740. The van der Waals surface area contributed by atoms with E-state index in [9.17, 15) is 4.79 Å². The largest absolute Gasteiger partial charge is 0.370 e. The van der Waals surface area contributed by atoms with Crippen LogP contribution in [-0.4, -0.2) is 65.9 Å². The van der Waals surface area contributed by atoms with Gasteiger partial charge < -0.3 is 19.5 Å². The van der Waals surface area contributed by atoms with Crippen molar-refractivity contribution in [3.63, 3.8) is 0 Å². The molecule has 7 nitrogen and oxygen atoms in total. The highest BCUT2D eigenvalue weighted by Gasteiger charge is 2.42. The molecule has 2 aliphatic heterocycles. The highest BCUT2D eigenvalue weighted by molar-refractivity contribution is 5.73. The van der Waals surface area contributed by atoms with Crippen molar-refractivity contribution >= 4 is 6.03 Å². The van der Waals surface area contributed by atoms with Crippen LogP contribution in [0.15, 0.2) is 28.5 Å². The average Bonchev–Trinajstić information content (AvgIpc) is 3.29. The second-order valence-corrected chi connectivity index (χ2v) is 8.08. The van der Waals surface area contributed by atoms with E-state index in [0.29, 0.717) is 13.1 Å². The first-order valence-electron chi connectivity index (χ1n) is 9.87. The summed E-state index contributed by atoms with van der Waals surface area (Å²) < 4.78 is 11.2. The van der Waals surface area contributed by atoms with Gasteiger partial charge in [0.1, 0.15) is 12.0 Å². The lowest BCUT2D eigenvalue weighted by Gasteiger charge is -2.39.